The second-order valence-corrected chi connectivity index (χ2v) is 7.29. The quantitative estimate of drug-likeness (QED) is 0.790. The van der Waals surface area contributed by atoms with Gasteiger partial charge in [0.15, 0.2) is 5.78 Å². The zero-order valence-corrected chi connectivity index (χ0v) is 15.8. The van der Waals surface area contributed by atoms with Crippen LogP contribution in [0.25, 0.3) is 0 Å². The highest BCUT2D eigenvalue weighted by Crippen LogP contribution is 2.40. The predicted octanol–water partition coefficient (Wildman–Crippen LogP) is 4.27. The number of aliphatic hydroxyl groups is 1. The summed E-state index contributed by atoms with van der Waals surface area (Å²) in [5.74, 6) is -0.422. The van der Waals surface area contributed by atoms with Gasteiger partial charge in [-0.25, -0.2) is 0 Å². The van der Waals surface area contributed by atoms with Gasteiger partial charge in [-0.1, -0.05) is 74.5 Å². The number of carbonyl (C=O) groups is 1. The molecule has 0 aliphatic carbocycles. The van der Waals surface area contributed by atoms with E-state index in [1.807, 2.05) is 60.7 Å². The molecule has 1 aliphatic rings. The summed E-state index contributed by atoms with van der Waals surface area (Å²) in [5, 5.41) is 11.6. The first kappa shape index (κ1) is 18.8. The summed E-state index contributed by atoms with van der Waals surface area (Å²) in [7, 11) is 0. The van der Waals surface area contributed by atoms with Crippen LogP contribution in [0.1, 0.15) is 49.0 Å². The van der Waals surface area contributed by atoms with Crippen LogP contribution in [0.5, 0.6) is 0 Å². The van der Waals surface area contributed by atoms with Crippen LogP contribution < -0.4 is 0 Å². The second kappa shape index (κ2) is 8.15. The van der Waals surface area contributed by atoms with E-state index in [9.17, 15) is 9.90 Å². The number of hydrogen-bond donors (Lipinski definition) is 1. The Bertz CT molecular complexity index is 712. The van der Waals surface area contributed by atoms with Crippen LogP contribution in [-0.4, -0.2) is 34.9 Å². The number of ketones is 1. The number of nitrogens with zero attached hydrogens (tertiary/aromatic N) is 1. The highest BCUT2D eigenvalue weighted by molar-refractivity contribution is 5.99. The summed E-state index contributed by atoms with van der Waals surface area (Å²) in [4.78, 5) is 15.7. The molecule has 0 spiro atoms. The molecule has 1 aliphatic heterocycles. The first-order valence-electron chi connectivity index (χ1n) is 9.71. The van der Waals surface area contributed by atoms with Crippen molar-refractivity contribution in [2.45, 2.75) is 44.8 Å². The van der Waals surface area contributed by atoms with Crippen LogP contribution in [0.4, 0.5) is 0 Å². The topological polar surface area (TPSA) is 40.5 Å². The van der Waals surface area contributed by atoms with E-state index in [-0.39, 0.29) is 5.78 Å². The van der Waals surface area contributed by atoms with E-state index < -0.39 is 11.5 Å². The van der Waals surface area contributed by atoms with E-state index in [0.29, 0.717) is 24.6 Å². The SMILES string of the molecule is CCC(CC)N1CC[C@@](O)(c2ccccc2)[C@@H](C(=O)c2ccccc2)C1. The monoisotopic (exact) mass is 351 g/mol. The van der Waals surface area contributed by atoms with Crippen molar-refractivity contribution in [2.24, 2.45) is 5.92 Å². The molecule has 138 valence electrons. The highest BCUT2D eigenvalue weighted by Gasteiger charge is 2.47. The Balaban J connectivity index is 1.97. The maximum atomic E-state index is 13.3. The normalized spacial score (nSPS) is 23.9. The fourth-order valence-electron chi connectivity index (χ4n) is 4.28. The number of hydrogen-bond acceptors (Lipinski definition) is 3. The largest absolute Gasteiger partial charge is 0.384 e. The van der Waals surface area contributed by atoms with Crippen LogP contribution in [0.2, 0.25) is 0 Å². The van der Waals surface area contributed by atoms with Crippen molar-refractivity contribution in [3.8, 4) is 0 Å². The summed E-state index contributed by atoms with van der Waals surface area (Å²) in [6.45, 7) is 5.81. The Hall–Kier alpha value is -1.97. The smallest absolute Gasteiger partial charge is 0.170 e. The number of Topliss-reactive ketones (excluding diaryl/α,β-unsaturated/α-hetero) is 1. The van der Waals surface area contributed by atoms with E-state index in [1.165, 1.54) is 0 Å². The summed E-state index contributed by atoms with van der Waals surface area (Å²) in [5.41, 5.74) is 0.410. The van der Waals surface area contributed by atoms with Crippen molar-refractivity contribution < 1.29 is 9.90 Å². The lowest BCUT2D eigenvalue weighted by molar-refractivity contribution is -0.0729. The molecule has 26 heavy (non-hydrogen) atoms. The van der Waals surface area contributed by atoms with Crippen molar-refractivity contribution in [2.75, 3.05) is 13.1 Å². The standard InChI is InChI=1S/C23H29NO2/c1-3-20(4-2)24-16-15-23(26,19-13-9-6-10-14-19)21(17-24)22(25)18-11-7-5-8-12-18/h5-14,20-21,26H,3-4,15-17H2,1-2H3/t21-,23-/m1/s1. The van der Waals surface area contributed by atoms with Gasteiger partial charge in [-0.2, -0.15) is 0 Å². The third-order valence-corrected chi connectivity index (χ3v) is 5.88. The molecular weight excluding hydrogens is 322 g/mol. The lowest BCUT2D eigenvalue weighted by atomic mass is 9.72. The van der Waals surface area contributed by atoms with Gasteiger partial charge in [-0.3, -0.25) is 9.69 Å². The highest BCUT2D eigenvalue weighted by atomic mass is 16.3. The maximum Gasteiger partial charge on any atom is 0.170 e. The van der Waals surface area contributed by atoms with Gasteiger partial charge in [0.2, 0.25) is 0 Å². The third kappa shape index (κ3) is 3.60. The predicted molar refractivity (Wildman–Crippen MR) is 105 cm³/mol. The summed E-state index contributed by atoms with van der Waals surface area (Å²) >= 11 is 0. The van der Waals surface area contributed by atoms with E-state index in [2.05, 4.69) is 18.7 Å². The van der Waals surface area contributed by atoms with Crippen LogP contribution in [-0.2, 0) is 5.60 Å². The van der Waals surface area contributed by atoms with Crippen molar-refractivity contribution in [3.63, 3.8) is 0 Å². The van der Waals surface area contributed by atoms with Gasteiger partial charge in [0, 0.05) is 24.7 Å². The zero-order chi connectivity index (χ0) is 18.6. The average Bonchev–Trinajstić information content (AvgIpc) is 2.71. The molecule has 0 bridgehead atoms. The van der Waals surface area contributed by atoms with Crippen LogP contribution in [0.15, 0.2) is 60.7 Å². The van der Waals surface area contributed by atoms with Crippen LogP contribution >= 0.6 is 0 Å². The molecule has 1 N–H and O–H groups in total. The van der Waals surface area contributed by atoms with Gasteiger partial charge in [-0.15, -0.1) is 0 Å². The Kier molecular flexibility index (Phi) is 5.90. The number of piperidine rings is 1. The van der Waals surface area contributed by atoms with Gasteiger partial charge in [0.25, 0.3) is 0 Å². The Morgan fingerprint density at radius 3 is 2.23 bits per heavy atom. The van der Waals surface area contributed by atoms with Crippen molar-refractivity contribution in [1.29, 1.82) is 0 Å². The molecule has 1 saturated heterocycles. The Morgan fingerprint density at radius 1 is 1.08 bits per heavy atom. The molecule has 0 saturated carbocycles. The summed E-state index contributed by atoms with van der Waals surface area (Å²) in [6, 6.07) is 19.5. The van der Waals surface area contributed by atoms with E-state index in [1.54, 1.807) is 0 Å². The Labute approximate surface area is 156 Å². The van der Waals surface area contributed by atoms with E-state index in [0.717, 1.165) is 24.9 Å². The average molecular weight is 351 g/mol. The van der Waals surface area contributed by atoms with Crippen molar-refractivity contribution in [1.82, 2.24) is 4.90 Å². The van der Waals surface area contributed by atoms with Crippen molar-refractivity contribution >= 4 is 5.78 Å². The molecule has 0 amide bonds. The molecule has 2 atom stereocenters. The minimum absolute atomic E-state index is 0.0348. The minimum atomic E-state index is -1.11. The van der Waals surface area contributed by atoms with Crippen LogP contribution in [0.3, 0.4) is 0 Å². The molecule has 0 radical (unpaired) electrons. The maximum absolute atomic E-state index is 13.3. The molecule has 2 aromatic carbocycles. The van der Waals surface area contributed by atoms with Gasteiger partial charge in [-0.05, 0) is 24.8 Å². The lowest BCUT2D eigenvalue weighted by Crippen LogP contribution is -2.55. The Morgan fingerprint density at radius 2 is 1.65 bits per heavy atom. The van der Waals surface area contributed by atoms with E-state index >= 15 is 0 Å². The molecule has 3 rings (SSSR count). The molecule has 0 unspecified atom stereocenters. The molecule has 1 fully saturated rings. The fraction of sp³-hybridized carbons (Fsp3) is 0.435. The molecular formula is C23H29NO2. The van der Waals surface area contributed by atoms with Gasteiger partial charge < -0.3 is 5.11 Å². The number of carbonyl (C=O) groups excluding carboxylic acids is 1. The molecule has 3 heteroatoms. The fourth-order valence-corrected chi connectivity index (χ4v) is 4.28. The summed E-state index contributed by atoms with van der Waals surface area (Å²) in [6.07, 6.45) is 2.70. The molecule has 1 heterocycles. The van der Waals surface area contributed by atoms with Gasteiger partial charge >= 0.3 is 0 Å². The van der Waals surface area contributed by atoms with Gasteiger partial charge in [0.1, 0.15) is 5.60 Å². The number of likely N-dealkylation sites (tertiary alicyclic amines) is 1. The lowest BCUT2D eigenvalue weighted by Gasteiger charge is -2.46. The molecule has 0 aromatic heterocycles. The van der Waals surface area contributed by atoms with E-state index in [4.69, 9.17) is 0 Å². The second-order valence-electron chi connectivity index (χ2n) is 7.29. The molecule has 3 nitrogen and oxygen atoms in total. The molecule has 2 aromatic rings. The minimum Gasteiger partial charge on any atom is -0.384 e. The van der Waals surface area contributed by atoms with Crippen LogP contribution in [0, 0.1) is 5.92 Å². The number of rotatable bonds is 6. The first-order chi connectivity index (χ1) is 12.6. The third-order valence-electron chi connectivity index (χ3n) is 5.88. The van der Waals surface area contributed by atoms with Crippen molar-refractivity contribution in [3.05, 3.63) is 71.8 Å². The summed E-state index contributed by atoms with van der Waals surface area (Å²) < 4.78 is 0. The zero-order valence-electron chi connectivity index (χ0n) is 15.8. The van der Waals surface area contributed by atoms with Gasteiger partial charge in [0.05, 0.1) is 5.92 Å². The first-order valence-corrected chi connectivity index (χ1v) is 9.71. The number of benzene rings is 2.